The molecule has 1 aromatic rings. The van der Waals surface area contributed by atoms with Crippen LogP contribution in [0.4, 0.5) is 0 Å². The lowest BCUT2D eigenvalue weighted by Crippen LogP contribution is -2.32. The van der Waals surface area contributed by atoms with Crippen molar-refractivity contribution in [3.05, 3.63) is 35.4 Å². The first-order valence-corrected chi connectivity index (χ1v) is 4.92. The van der Waals surface area contributed by atoms with Crippen molar-refractivity contribution in [1.82, 2.24) is 5.43 Å². The highest BCUT2D eigenvalue weighted by atomic mass is 15.2. The summed E-state index contributed by atoms with van der Waals surface area (Å²) < 4.78 is 0. The van der Waals surface area contributed by atoms with Gasteiger partial charge < -0.3 is 5.43 Å². The van der Waals surface area contributed by atoms with Crippen LogP contribution in [0, 0.1) is 0 Å². The van der Waals surface area contributed by atoms with E-state index in [1.54, 1.807) is 0 Å². The van der Waals surface area contributed by atoms with E-state index in [9.17, 15) is 0 Å². The number of nitrogens with two attached hydrogens (primary N) is 1. The van der Waals surface area contributed by atoms with Gasteiger partial charge in [-0.15, -0.1) is 0 Å². The molecule has 1 rings (SSSR count). The maximum Gasteiger partial charge on any atom is 0.142 e. The number of hydrogen-bond acceptors (Lipinski definition) is 2. The highest BCUT2D eigenvalue weighted by Gasteiger charge is 2.04. The first-order valence-electron chi connectivity index (χ1n) is 4.92. The molecule has 0 fully saturated rings. The Morgan fingerprint density at radius 2 is 2.07 bits per heavy atom. The van der Waals surface area contributed by atoms with Gasteiger partial charge in [-0.25, -0.2) is 5.84 Å². The van der Waals surface area contributed by atoms with Gasteiger partial charge in [0.05, 0.1) is 0 Å². The Labute approximate surface area is 85.0 Å². The maximum atomic E-state index is 5.43. The van der Waals surface area contributed by atoms with Crippen LogP contribution >= 0.6 is 0 Å². The number of aryl methyl sites for hydroxylation is 1. The van der Waals surface area contributed by atoms with Crippen molar-refractivity contribution in [3.8, 4) is 0 Å². The van der Waals surface area contributed by atoms with Crippen LogP contribution in [0.2, 0.25) is 0 Å². The summed E-state index contributed by atoms with van der Waals surface area (Å²) in [6.45, 7) is 4.85. The average molecular weight is 191 g/mol. The van der Waals surface area contributed by atoms with Crippen LogP contribution in [-0.2, 0) is 6.42 Å². The minimum Gasteiger partial charge on any atom is -0.308 e. The molecular weight excluding hydrogens is 174 g/mol. The Hall–Kier alpha value is -1.35. The topological polar surface area (TPSA) is 50.4 Å². The summed E-state index contributed by atoms with van der Waals surface area (Å²) >= 11 is 0. The third kappa shape index (κ3) is 2.33. The van der Waals surface area contributed by atoms with E-state index < -0.39 is 0 Å². The number of hydrogen-bond donors (Lipinski definition) is 2. The van der Waals surface area contributed by atoms with E-state index in [4.69, 9.17) is 5.84 Å². The number of hydrazine groups is 1. The summed E-state index contributed by atoms with van der Waals surface area (Å²) in [5, 5.41) is 0. The normalized spacial score (nSPS) is 11.5. The Kier molecular flexibility index (Phi) is 4.13. The fourth-order valence-corrected chi connectivity index (χ4v) is 1.43. The second-order valence-corrected chi connectivity index (χ2v) is 2.98. The van der Waals surface area contributed by atoms with E-state index in [1.807, 2.05) is 25.1 Å². The summed E-state index contributed by atoms with van der Waals surface area (Å²) in [6.07, 6.45) is 0.987. The molecule has 0 aliphatic carbocycles. The molecule has 0 saturated heterocycles. The van der Waals surface area contributed by atoms with Gasteiger partial charge in [-0.1, -0.05) is 31.2 Å². The Morgan fingerprint density at radius 3 is 2.64 bits per heavy atom. The largest absolute Gasteiger partial charge is 0.308 e. The van der Waals surface area contributed by atoms with Crippen LogP contribution < -0.4 is 11.3 Å². The maximum absolute atomic E-state index is 5.43. The average Bonchev–Trinajstić information content (AvgIpc) is 2.26. The van der Waals surface area contributed by atoms with Crippen LogP contribution in [0.5, 0.6) is 0 Å². The lowest BCUT2D eigenvalue weighted by molar-refractivity contribution is 0.984. The lowest BCUT2D eigenvalue weighted by Gasteiger charge is -2.09. The van der Waals surface area contributed by atoms with Gasteiger partial charge in [-0.05, 0) is 18.9 Å². The van der Waals surface area contributed by atoms with Gasteiger partial charge in [0.25, 0.3) is 0 Å². The Morgan fingerprint density at radius 1 is 1.36 bits per heavy atom. The molecule has 0 bridgehead atoms. The summed E-state index contributed by atoms with van der Waals surface area (Å²) in [6, 6.07) is 8.16. The minimum absolute atomic E-state index is 0.734. The second kappa shape index (κ2) is 5.40. The Bertz CT molecular complexity index is 318. The molecule has 0 amide bonds. The predicted molar refractivity (Wildman–Crippen MR) is 60.2 cm³/mol. The van der Waals surface area contributed by atoms with E-state index >= 15 is 0 Å². The smallest absolute Gasteiger partial charge is 0.142 e. The first-order chi connectivity index (χ1) is 6.83. The first kappa shape index (κ1) is 10.7. The molecule has 76 valence electrons. The third-order valence-corrected chi connectivity index (χ3v) is 2.11. The number of amidine groups is 1. The Balaban J connectivity index is 3.09. The van der Waals surface area contributed by atoms with Gasteiger partial charge in [-0.2, -0.15) is 0 Å². The van der Waals surface area contributed by atoms with Crippen molar-refractivity contribution in [1.29, 1.82) is 0 Å². The van der Waals surface area contributed by atoms with E-state index in [1.165, 1.54) is 5.56 Å². The summed E-state index contributed by atoms with van der Waals surface area (Å²) in [5.74, 6) is 6.20. The van der Waals surface area contributed by atoms with Crippen molar-refractivity contribution in [2.75, 3.05) is 6.54 Å². The van der Waals surface area contributed by atoms with Crippen LogP contribution in [0.3, 0.4) is 0 Å². The van der Waals surface area contributed by atoms with Crippen LogP contribution in [0.25, 0.3) is 0 Å². The number of benzene rings is 1. The van der Waals surface area contributed by atoms with Crippen molar-refractivity contribution in [2.45, 2.75) is 20.3 Å². The molecule has 3 heteroatoms. The zero-order chi connectivity index (χ0) is 10.4. The molecule has 0 spiro atoms. The molecular formula is C11H17N3. The SMILES string of the molecule is CCN=C(NN)c1ccccc1CC. The number of nitrogens with one attached hydrogen (secondary N) is 1. The van der Waals surface area contributed by atoms with E-state index in [2.05, 4.69) is 23.4 Å². The second-order valence-electron chi connectivity index (χ2n) is 2.98. The quantitative estimate of drug-likeness (QED) is 0.329. The fraction of sp³-hybridized carbons (Fsp3) is 0.364. The monoisotopic (exact) mass is 191 g/mol. The summed E-state index contributed by atoms with van der Waals surface area (Å²) in [4.78, 5) is 4.30. The molecule has 0 atom stereocenters. The fourth-order valence-electron chi connectivity index (χ4n) is 1.43. The molecule has 0 radical (unpaired) electrons. The molecule has 14 heavy (non-hydrogen) atoms. The van der Waals surface area contributed by atoms with Gasteiger partial charge in [0.15, 0.2) is 0 Å². The molecule has 0 heterocycles. The highest BCUT2D eigenvalue weighted by molar-refractivity contribution is 5.99. The van der Waals surface area contributed by atoms with Gasteiger partial charge in [0, 0.05) is 12.1 Å². The van der Waals surface area contributed by atoms with Gasteiger partial charge in [0.1, 0.15) is 5.84 Å². The zero-order valence-corrected chi connectivity index (χ0v) is 8.75. The molecule has 0 saturated carbocycles. The minimum atomic E-state index is 0.734. The lowest BCUT2D eigenvalue weighted by atomic mass is 10.0. The molecule has 3 N–H and O–H groups in total. The van der Waals surface area contributed by atoms with Crippen molar-refractivity contribution in [3.63, 3.8) is 0 Å². The van der Waals surface area contributed by atoms with Crippen molar-refractivity contribution >= 4 is 5.84 Å². The molecule has 0 aromatic heterocycles. The van der Waals surface area contributed by atoms with Crippen molar-refractivity contribution < 1.29 is 0 Å². The van der Waals surface area contributed by atoms with E-state index in [-0.39, 0.29) is 0 Å². The van der Waals surface area contributed by atoms with Crippen LogP contribution in [-0.4, -0.2) is 12.4 Å². The third-order valence-electron chi connectivity index (χ3n) is 2.11. The molecule has 0 aliphatic heterocycles. The summed E-state index contributed by atoms with van der Waals surface area (Å²) in [7, 11) is 0. The molecule has 3 nitrogen and oxygen atoms in total. The number of aliphatic imine (C=N–C) groups is 1. The van der Waals surface area contributed by atoms with Gasteiger partial charge >= 0.3 is 0 Å². The highest BCUT2D eigenvalue weighted by Crippen LogP contribution is 2.09. The molecule has 1 aromatic carbocycles. The standard InChI is InChI=1S/C11H17N3/c1-3-9-7-5-6-8-10(9)11(14-12)13-4-2/h5-8H,3-4,12H2,1-2H3,(H,13,14). The molecule has 0 aliphatic rings. The van der Waals surface area contributed by atoms with Crippen molar-refractivity contribution in [2.24, 2.45) is 10.8 Å². The van der Waals surface area contributed by atoms with E-state index in [0.29, 0.717) is 0 Å². The van der Waals surface area contributed by atoms with Gasteiger partial charge in [0.2, 0.25) is 0 Å². The number of rotatable bonds is 3. The van der Waals surface area contributed by atoms with E-state index in [0.717, 1.165) is 24.4 Å². The van der Waals surface area contributed by atoms with Crippen LogP contribution in [0.15, 0.2) is 29.3 Å². The zero-order valence-electron chi connectivity index (χ0n) is 8.75. The number of nitrogens with zero attached hydrogens (tertiary/aromatic N) is 1. The predicted octanol–water partition coefficient (Wildman–Crippen LogP) is 1.48. The summed E-state index contributed by atoms with van der Waals surface area (Å²) in [5.41, 5.74) is 5.00. The molecule has 0 unspecified atom stereocenters. The van der Waals surface area contributed by atoms with Crippen LogP contribution in [0.1, 0.15) is 25.0 Å². The van der Waals surface area contributed by atoms with Gasteiger partial charge in [-0.3, -0.25) is 4.99 Å².